The zero-order chi connectivity index (χ0) is 15.4. The second-order valence-corrected chi connectivity index (χ2v) is 5.70. The number of likely N-dealkylation sites (tertiary alicyclic amines) is 1. The lowest BCUT2D eigenvalue weighted by Crippen LogP contribution is -2.41. The van der Waals surface area contributed by atoms with Gasteiger partial charge in [-0.3, -0.25) is 9.48 Å². The van der Waals surface area contributed by atoms with Crippen molar-refractivity contribution in [1.29, 1.82) is 0 Å². The van der Waals surface area contributed by atoms with Crippen molar-refractivity contribution in [3.8, 4) is 5.75 Å². The molecule has 22 heavy (non-hydrogen) atoms. The van der Waals surface area contributed by atoms with E-state index >= 15 is 0 Å². The molecule has 1 amide bonds. The first-order chi connectivity index (χ1) is 10.7. The van der Waals surface area contributed by atoms with Crippen LogP contribution in [0.3, 0.4) is 0 Å². The van der Waals surface area contributed by atoms with Crippen molar-refractivity contribution < 1.29 is 9.53 Å². The topological polar surface area (TPSA) is 47.4 Å². The molecule has 0 unspecified atom stereocenters. The molecular weight excluding hydrogens is 278 g/mol. The maximum Gasteiger partial charge on any atom is 0.260 e. The predicted molar refractivity (Wildman–Crippen MR) is 83.8 cm³/mol. The molecule has 1 fully saturated rings. The number of aromatic nitrogens is 2. The van der Waals surface area contributed by atoms with Gasteiger partial charge in [0.1, 0.15) is 5.75 Å². The van der Waals surface area contributed by atoms with E-state index in [9.17, 15) is 4.79 Å². The van der Waals surface area contributed by atoms with E-state index in [1.54, 1.807) is 6.20 Å². The molecule has 3 rings (SSSR count). The quantitative estimate of drug-likeness (QED) is 0.871. The fraction of sp³-hybridized carbons (Fsp3) is 0.412. The fourth-order valence-corrected chi connectivity index (χ4v) is 2.75. The first kappa shape index (κ1) is 14.6. The van der Waals surface area contributed by atoms with Crippen LogP contribution in [0.5, 0.6) is 5.75 Å². The molecule has 0 radical (unpaired) electrons. The number of hydrogen-bond acceptors (Lipinski definition) is 3. The summed E-state index contributed by atoms with van der Waals surface area (Å²) >= 11 is 0. The third kappa shape index (κ3) is 3.47. The first-order valence-corrected chi connectivity index (χ1v) is 7.69. The van der Waals surface area contributed by atoms with Crippen LogP contribution >= 0.6 is 0 Å². The van der Waals surface area contributed by atoms with Gasteiger partial charge in [0.2, 0.25) is 0 Å². The highest BCUT2D eigenvalue weighted by Crippen LogP contribution is 2.21. The van der Waals surface area contributed by atoms with E-state index < -0.39 is 0 Å². The number of aryl methyl sites for hydroxylation is 1. The molecule has 0 spiro atoms. The van der Waals surface area contributed by atoms with Gasteiger partial charge in [0.15, 0.2) is 6.61 Å². The van der Waals surface area contributed by atoms with E-state index in [2.05, 4.69) is 5.10 Å². The molecule has 0 saturated carbocycles. The Bertz CT molecular complexity index is 599. The lowest BCUT2D eigenvalue weighted by Gasteiger charge is -2.32. The van der Waals surface area contributed by atoms with Gasteiger partial charge in [-0.25, -0.2) is 0 Å². The number of benzene rings is 1. The van der Waals surface area contributed by atoms with Crippen molar-refractivity contribution >= 4 is 5.91 Å². The van der Waals surface area contributed by atoms with Gasteiger partial charge in [-0.15, -0.1) is 0 Å². The minimum Gasteiger partial charge on any atom is -0.484 e. The number of carbonyl (C=O) groups excluding carboxylic acids is 1. The maximum atomic E-state index is 12.2. The minimum atomic E-state index is 0.0551. The van der Waals surface area contributed by atoms with Crippen LogP contribution < -0.4 is 4.74 Å². The lowest BCUT2D eigenvalue weighted by atomic mass is 10.1. The molecule has 5 heteroatoms. The molecule has 1 aliphatic rings. The van der Waals surface area contributed by atoms with Crippen LogP contribution in [-0.2, 0) is 4.79 Å². The molecule has 1 saturated heterocycles. The van der Waals surface area contributed by atoms with Crippen LogP contribution in [-0.4, -0.2) is 40.3 Å². The Kier molecular flexibility index (Phi) is 4.42. The molecule has 0 N–H and O–H groups in total. The standard InChI is InChI=1S/C17H21N3O2/c1-14-3-5-16(6-4-14)22-13-17(21)19-11-7-15(8-12-19)20-10-2-9-18-20/h2-6,9-10,15H,7-8,11-13H2,1H3. The van der Waals surface area contributed by atoms with E-state index in [1.807, 2.05) is 53.0 Å². The number of hydrogen-bond donors (Lipinski definition) is 0. The van der Waals surface area contributed by atoms with Crippen LogP contribution in [0.1, 0.15) is 24.4 Å². The van der Waals surface area contributed by atoms with Gasteiger partial charge in [-0.2, -0.15) is 5.10 Å². The Labute approximate surface area is 130 Å². The summed E-state index contributed by atoms with van der Waals surface area (Å²) in [6, 6.07) is 10.1. The van der Waals surface area contributed by atoms with Gasteiger partial charge in [-0.05, 0) is 38.0 Å². The molecule has 0 aliphatic carbocycles. The summed E-state index contributed by atoms with van der Waals surface area (Å²) in [6.07, 6.45) is 5.67. The third-order valence-corrected chi connectivity index (χ3v) is 4.10. The summed E-state index contributed by atoms with van der Waals surface area (Å²) in [5, 5.41) is 4.28. The van der Waals surface area contributed by atoms with Gasteiger partial charge in [0, 0.05) is 25.5 Å². The van der Waals surface area contributed by atoms with Crippen LogP contribution in [0.2, 0.25) is 0 Å². The normalized spacial score (nSPS) is 15.8. The molecule has 2 aromatic rings. The van der Waals surface area contributed by atoms with E-state index in [4.69, 9.17) is 4.74 Å². The SMILES string of the molecule is Cc1ccc(OCC(=O)N2CCC(n3cccn3)CC2)cc1. The van der Waals surface area contributed by atoms with Crippen molar-refractivity contribution in [2.75, 3.05) is 19.7 Å². The Morgan fingerprint density at radius 3 is 2.64 bits per heavy atom. The molecule has 0 atom stereocenters. The smallest absolute Gasteiger partial charge is 0.260 e. The molecule has 116 valence electrons. The minimum absolute atomic E-state index is 0.0551. The van der Waals surface area contributed by atoms with Gasteiger partial charge in [0.25, 0.3) is 5.91 Å². The molecule has 1 aromatic heterocycles. The van der Waals surface area contributed by atoms with E-state index in [0.29, 0.717) is 6.04 Å². The van der Waals surface area contributed by atoms with Crippen LogP contribution in [0.4, 0.5) is 0 Å². The summed E-state index contributed by atoms with van der Waals surface area (Å²) in [6.45, 7) is 3.66. The van der Waals surface area contributed by atoms with Crippen LogP contribution in [0, 0.1) is 6.92 Å². The Balaban J connectivity index is 1.46. The number of piperidine rings is 1. The molecule has 2 heterocycles. The van der Waals surface area contributed by atoms with Gasteiger partial charge in [0.05, 0.1) is 6.04 Å². The largest absolute Gasteiger partial charge is 0.484 e. The monoisotopic (exact) mass is 299 g/mol. The highest BCUT2D eigenvalue weighted by molar-refractivity contribution is 5.77. The van der Waals surface area contributed by atoms with E-state index in [-0.39, 0.29) is 12.5 Å². The van der Waals surface area contributed by atoms with Crippen molar-refractivity contribution in [3.05, 3.63) is 48.3 Å². The summed E-state index contributed by atoms with van der Waals surface area (Å²) in [5.41, 5.74) is 1.18. The molecule has 1 aromatic carbocycles. The number of carbonyl (C=O) groups is 1. The predicted octanol–water partition coefficient (Wildman–Crippen LogP) is 2.43. The number of nitrogens with zero attached hydrogens (tertiary/aromatic N) is 3. The van der Waals surface area contributed by atoms with E-state index in [0.717, 1.165) is 31.7 Å². The Morgan fingerprint density at radius 1 is 1.27 bits per heavy atom. The second-order valence-electron chi connectivity index (χ2n) is 5.70. The molecule has 5 nitrogen and oxygen atoms in total. The zero-order valence-corrected chi connectivity index (χ0v) is 12.8. The highest BCUT2D eigenvalue weighted by Gasteiger charge is 2.24. The molecule has 1 aliphatic heterocycles. The van der Waals surface area contributed by atoms with Gasteiger partial charge in [-0.1, -0.05) is 17.7 Å². The van der Waals surface area contributed by atoms with E-state index in [1.165, 1.54) is 5.56 Å². The molecule has 0 bridgehead atoms. The first-order valence-electron chi connectivity index (χ1n) is 7.69. The van der Waals surface area contributed by atoms with Crippen molar-refractivity contribution in [2.24, 2.45) is 0 Å². The second kappa shape index (κ2) is 6.64. The summed E-state index contributed by atoms with van der Waals surface area (Å²) in [7, 11) is 0. The average molecular weight is 299 g/mol. The number of amides is 1. The summed E-state index contributed by atoms with van der Waals surface area (Å²) < 4.78 is 7.56. The van der Waals surface area contributed by atoms with Crippen molar-refractivity contribution in [2.45, 2.75) is 25.8 Å². The maximum absolute atomic E-state index is 12.2. The van der Waals surface area contributed by atoms with Gasteiger partial charge < -0.3 is 9.64 Å². The highest BCUT2D eigenvalue weighted by atomic mass is 16.5. The summed E-state index contributed by atoms with van der Waals surface area (Å²) in [4.78, 5) is 14.1. The molecular formula is C17H21N3O2. The third-order valence-electron chi connectivity index (χ3n) is 4.10. The van der Waals surface area contributed by atoms with Crippen LogP contribution in [0.25, 0.3) is 0 Å². The lowest BCUT2D eigenvalue weighted by molar-refractivity contribution is -0.134. The van der Waals surface area contributed by atoms with Crippen LogP contribution in [0.15, 0.2) is 42.7 Å². The average Bonchev–Trinajstić information content (AvgIpc) is 3.09. The van der Waals surface area contributed by atoms with Crippen molar-refractivity contribution in [1.82, 2.24) is 14.7 Å². The van der Waals surface area contributed by atoms with Gasteiger partial charge >= 0.3 is 0 Å². The number of rotatable bonds is 4. The zero-order valence-electron chi connectivity index (χ0n) is 12.8. The Hall–Kier alpha value is -2.30. The summed E-state index contributed by atoms with van der Waals surface area (Å²) in [5.74, 6) is 0.796. The van der Waals surface area contributed by atoms with Crippen molar-refractivity contribution in [3.63, 3.8) is 0 Å². The Morgan fingerprint density at radius 2 is 2.00 bits per heavy atom. The number of ether oxygens (including phenoxy) is 1. The fourth-order valence-electron chi connectivity index (χ4n) is 2.75.